The molecule has 5 nitrogen and oxygen atoms in total. The molecule has 0 unspecified atom stereocenters. The van der Waals surface area contributed by atoms with Gasteiger partial charge in [0.15, 0.2) is 0 Å². The fourth-order valence-corrected chi connectivity index (χ4v) is 5.64. The van der Waals surface area contributed by atoms with Gasteiger partial charge in [0.05, 0.1) is 11.6 Å². The number of Topliss-reactive ketones (excluding diaryl/α,β-unsaturated/α-hetero) is 1. The molecule has 0 aliphatic carbocycles. The van der Waals surface area contributed by atoms with Crippen molar-refractivity contribution in [2.75, 3.05) is 25.5 Å². The molecule has 0 aromatic heterocycles. The van der Waals surface area contributed by atoms with Gasteiger partial charge in [-0.25, -0.2) is 0 Å². The molecule has 0 bridgehead atoms. The highest BCUT2D eigenvalue weighted by atomic mass is 16.3. The van der Waals surface area contributed by atoms with E-state index >= 15 is 0 Å². The number of ketones is 1. The van der Waals surface area contributed by atoms with Crippen molar-refractivity contribution >= 4 is 23.1 Å². The summed E-state index contributed by atoms with van der Waals surface area (Å²) in [6.45, 7) is 2.77. The number of unbranched alkanes of at least 4 members (excludes halogenated alkanes) is 13. The van der Waals surface area contributed by atoms with Crippen LogP contribution in [0.3, 0.4) is 0 Å². The van der Waals surface area contributed by atoms with Gasteiger partial charge in [-0.15, -0.1) is 0 Å². The monoisotopic (exact) mass is 546 g/mol. The van der Waals surface area contributed by atoms with Crippen molar-refractivity contribution in [1.29, 1.82) is 0 Å². The summed E-state index contributed by atoms with van der Waals surface area (Å²) in [5, 5.41) is 11.2. The van der Waals surface area contributed by atoms with Gasteiger partial charge in [0.25, 0.3) is 11.7 Å². The zero-order chi connectivity index (χ0) is 28.7. The minimum atomic E-state index is -0.603. The van der Waals surface area contributed by atoms with Crippen LogP contribution < -0.4 is 4.90 Å². The summed E-state index contributed by atoms with van der Waals surface area (Å²) >= 11 is 0. The first-order chi connectivity index (χ1) is 19.5. The van der Waals surface area contributed by atoms with Gasteiger partial charge in [-0.05, 0) is 24.1 Å². The zero-order valence-corrected chi connectivity index (χ0v) is 25.0. The number of hydrogen-bond donors (Lipinski definition) is 1. The molecule has 1 N–H and O–H groups in total. The van der Waals surface area contributed by atoms with Crippen molar-refractivity contribution in [3.63, 3.8) is 0 Å². The normalized spacial score (nSPS) is 16.6. The third-order valence-electron chi connectivity index (χ3n) is 8.06. The van der Waals surface area contributed by atoms with Gasteiger partial charge in [0, 0.05) is 31.9 Å². The van der Waals surface area contributed by atoms with E-state index in [1.54, 1.807) is 17.0 Å². The first-order valence-electron chi connectivity index (χ1n) is 15.6. The van der Waals surface area contributed by atoms with Crippen LogP contribution in [0.1, 0.15) is 114 Å². The van der Waals surface area contributed by atoms with Crippen LogP contribution in [0.4, 0.5) is 5.69 Å². The van der Waals surface area contributed by atoms with Gasteiger partial charge in [-0.2, -0.15) is 0 Å². The number of carbonyl (C=O) groups is 2. The van der Waals surface area contributed by atoms with Crippen LogP contribution in [0.25, 0.3) is 5.76 Å². The molecule has 0 radical (unpaired) electrons. The molecule has 2 aromatic rings. The summed E-state index contributed by atoms with van der Waals surface area (Å²) in [5.41, 5.74) is 2.61. The minimum absolute atomic E-state index is 0.107. The van der Waals surface area contributed by atoms with E-state index in [2.05, 4.69) is 6.92 Å². The van der Waals surface area contributed by atoms with Gasteiger partial charge in [0.1, 0.15) is 5.76 Å². The molecule has 0 saturated carbocycles. The smallest absolute Gasteiger partial charge is 0.295 e. The predicted octanol–water partition coefficient (Wildman–Crippen LogP) is 8.66. The van der Waals surface area contributed by atoms with Crippen LogP contribution in [0, 0.1) is 0 Å². The number of rotatable bonds is 18. The second-order valence-electron chi connectivity index (χ2n) is 11.4. The van der Waals surface area contributed by atoms with Gasteiger partial charge < -0.3 is 14.9 Å². The number of hydrogen-bond acceptors (Lipinski definition) is 4. The lowest BCUT2D eigenvalue weighted by atomic mass is 9.95. The minimum Gasteiger partial charge on any atom is -0.507 e. The molecule has 1 saturated heterocycles. The van der Waals surface area contributed by atoms with Crippen LogP contribution in [0.15, 0.2) is 60.2 Å². The molecule has 3 rings (SSSR count). The third kappa shape index (κ3) is 8.97. The Labute approximate surface area is 242 Å². The maximum absolute atomic E-state index is 13.2. The highest BCUT2D eigenvalue weighted by Crippen LogP contribution is 2.40. The van der Waals surface area contributed by atoms with Crippen molar-refractivity contribution in [3.8, 4) is 0 Å². The molecule has 1 aliphatic rings. The molecule has 218 valence electrons. The Morgan fingerprint density at radius 2 is 1.23 bits per heavy atom. The highest BCUT2D eigenvalue weighted by molar-refractivity contribution is 6.46. The third-order valence-corrected chi connectivity index (χ3v) is 8.06. The lowest BCUT2D eigenvalue weighted by Crippen LogP contribution is -2.30. The Hall–Kier alpha value is -3.08. The van der Waals surface area contributed by atoms with Crippen LogP contribution in [0.2, 0.25) is 0 Å². The summed E-state index contributed by atoms with van der Waals surface area (Å²) in [6.07, 6.45) is 17.8. The Morgan fingerprint density at radius 3 is 1.73 bits per heavy atom. The Balaban J connectivity index is 1.55. The van der Waals surface area contributed by atoms with E-state index in [0.717, 1.165) is 30.5 Å². The van der Waals surface area contributed by atoms with Gasteiger partial charge in [-0.1, -0.05) is 133 Å². The van der Waals surface area contributed by atoms with Crippen molar-refractivity contribution in [2.45, 2.75) is 103 Å². The molecule has 1 aliphatic heterocycles. The topological polar surface area (TPSA) is 60.9 Å². The fraction of sp³-hybridized carbons (Fsp3) is 0.543. The standard InChI is InChI=1S/C35H50N2O3/c1-4-5-6-7-8-9-10-11-12-13-14-15-16-20-27-37-32(28-23-25-30(26-24-28)36(2)3)31(34(39)35(37)40)33(38)29-21-18-17-19-22-29/h17-19,21-26,32,38H,4-16,20,27H2,1-3H3/t32-/m1/s1. The Bertz CT molecular complexity index is 1080. The number of aliphatic hydroxyl groups excluding tert-OH is 1. The summed E-state index contributed by atoms with van der Waals surface area (Å²) in [7, 11) is 3.96. The Morgan fingerprint density at radius 1 is 0.725 bits per heavy atom. The molecule has 0 spiro atoms. The van der Waals surface area contributed by atoms with Crippen molar-refractivity contribution < 1.29 is 14.7 Å². The van der Waals surface area contributed by atoms with Crippen molar-refractivity contribution in [1.82, 2.24) is 4.90 Å². The second kappa shape index (κ2) is 16.9. The van der Waals surface area contributed by atoms with E-state index < -0.39 is 17.7 Å². The number of benzene rings is 2. The SMILES string of the molecule is CCCCCCCCCCCCCCCCN1C(=O)C(=O)C(=C(O)c2ccccc2)[C@H]1c1ccc(N(C)C)cc1. The van der Waals surface area contributed by atoms with Gasteiger partial charge in [0.2, 0.25) is 0 Å². The predicted molar refractivity (Wildman–Crippen MR) is 167 cm³/mol. The van der Waals surface area contributed by atoms with Crippen LogP contribution >= 0.6 is 0 Å². The lowest BCUT2D eigenvalue weighted by molar-refractivity contribution is -0.139. The molecular formula is C35H50N2O3. The first-order valence-corrected chi connectivity index (χ1v) is 15.6. The quantitative estimate of drug-likeness (QED) is 0.0879. The van der Waals surface area contributed by atoms with E-state index in [1.165, 1.54) is 70.6 Å². The maximum Gasteiger partial charge on any atom is 0.295 e. The zero-order valence-electron chi connectivity index (χ0n) is 25.0. The van der Waals surface area contributed by atoms with E-state index in [-0.39, 0.29) is 11.3 Å². The molecule has 1 heterocycles. The van der Waals surface area contributed by atoms with Crippen molar-refractivity contribution in [3.05, 3.63) is 71.3 Å². The summed E-state index contributed by atoms with van der Waals surface area (Å²) in [4.78, 5) is 30.1. The average molecular weight is 547 g/mol. The Kier molecular flexibility index (Phi) is 13.3. The van der Waals surface area contributed by atoms with Gasteiger partial charge in [-0.3, -0.25) is 9.59 Å². The van der Waals surface area contributed by atoms with Crippen molar-refractivity contribution in [2.24, 2.45) is 0 Å². The number of aliphatic hydroxyl groups is 1. The number of amides is 1. The van der Waals surface area contributed by atoms with E-state index in [4.69, 9.17) is 0 Å². The number of likely N-dealkylation sites (tertiary alicyclic amines) is 1. The molecule has 1 fully saturated rings. The molecule has 5 heteroatoms. The molecule has 1 atom stereocenters. The first kappa shape index (κ1) is 31.4. The van der Waals surface area contributed by atoms with Crippen LogP contribution in [-0.2, 0) is 9.59 Å². The maximum atomic E-state index is 13.2. The van der Waals surface area contributed by atoms with Crippen LogP contribution in [-0.4, -0.2) is 42.3 Å². The summed E-state index contributed by atoms with van der Waals surface area (Å²) < 4.78 is 0. The highest BCUT2D eigenvalue weighted by Gasteiger charge is 2.45. The molecule has 2 aromatic carbocycles. The van der Waals surface area contributed by atoms with Crippen LogP contribution in [0.5, 0.6) is 0 Å². The summed E-state index contributed by atoms with van der Waals surface area (Å²) in [5.74, 6) is -1.23. The average Bonchev–Trinajstić information content (AvgIpc) is 3.22. The number of carbonyl (C=O) groups excluding carboxylic acids is 2. The van der Waals surface area contributed by atoms with E-state index in [1.807, 2.05) is 61.5 Å². The van der Waals surface area contributed by atoms with E-state index in [0.29, 0.717) is 12.1 Å². The van der Waals surface area contributed by atoms with Gasteiger partial charge >= 0.3 is 0 Å². The largest absolute Gasteiger partial charge is 0.507 e. The fourth-order valence-electron chi connectivity index (χ4n) is 5.64. The number of nitrogens with zero attached hydrogens (tertiary/aromatic N) is 2. The van der Waals surface area contributed by atoms with E-state index in [9.17, 15) is 14.7 Å². The summed E-state index contributed by atoms with van der Waals surface area (Å²) in [6, 6.07) is 16.4. The second-order valence-corrected chi connectivity index (χ2v) is 11.4. The lowest BCUT2D eigenvalue weighted by Gasteiger charge is -2.26. The molecular weight excluding hydrogens is 496 g/mol. The number of anilines is 1. The molecule has 40 heavy (non-hydrogen) atoms. The molecule has 1 amide bonds.